The molecule has 336 valence electrons. The van der Waals surface area contributed by atoms with Crippen molar-refractivity contribution in [2.45, 2.75) is 199 Å². The molecule has 0 radical (unpaired) electrons. The molecule has 0 aromatic rings. The summed E-state index contributed by atoms with van der Waals surface area (Å²) in [6.45, 7) is 3.47. The average molecular weight is 838 g/mol. The highest BCUT2D eigenvalue weighted by Crippen LogP contribution is 2.43. The first kappa shape index (κ1) is 55.7. The van der Waals surface area contributed by atoms with E-state index in [4.69, 9.17) is 24.3 Å². The number of aliphatic hydroxyl groups excluding tert-OH is 1. The molecule has 0 saturated heterocycles. The Morgan fingerprint density at radius 2 is 1.10 bits per heavy atom. The second-order valence-corrected chi connectivity index (χ2v) is 16.6. The van der Waals surface area contributed by atoms with Crippen LogP contribution in [-0.2, 0) is 32.7 Å². The van der Waals surface area contributed by atoms with Gasteiger partial charge in [0.25, 0.3) is 0 Å². The van der Waals surface area contributed by atoms with Gasteiger partial charge >= 0.3 is 19.8 Å². The van der Waals surface area contributed by atoms with Crippen molar-refractivity contribution < 1.29 is 42.7 Å². The van der Waals surface area contributed by atoms with Crippen molar-refractivity contribution in [2.24, 2.45) is 5.73 Å². The lowest BCUT2D eigenvalue weighted by atomic mass is 10.1. The smallest absolute Gasteiger partial charge is 0.462 e. The lowest BCUT2D eigenvalue weighted by Gasteiger charge is -2.20. The van der Waals surface area contributed by atoms with E-state index in [1.807, 2.05) is 12.2 Å². The summed E-state index contributed by atoms with van der Waals surface area (Å²) in [6.07, 6.45) is 47.1. The topological polar surface area (TPSA) is 155 Å². The molecule has 0 bridgehead atoms. The molecule has 3 atom stereocenters. The van der Waals surface area contributed by atoms with Crippen LogP contribution >= 0.6 is 7.82 Å². The molecule has 0 saturated carbocycles. The van der Waals surface area contributed by atoms with Gasteiger partial charge in [0.15, 0.2) is 6.10 Å². The van der Waals surface area contributed by atoms with Gasteiger partial charge in [0, 0.05) is 19.4 Å². The number of phosphoric ester groups is 1. The monoisotopic (exact) mass is 838 g/mol. The molecule has 58 heavy (non-hydrogen) atoms. The standard InChI is InChI=1S/C47H84NO9P/c1-3-5-7-9-11-13-15-17-18-19-20-21-22-24-26-28-30-32-34-38-46(50)54-42-45(43-56-58(52,53)55-41-40-48)57-47(51)39-35-37-44(49)36-33-31-29-27-25-23-16-14-12-10-8-6-4-2/h11,13,17-18,23,25,29,31,33,36,44-45,49H,3-10,12,14-16,19-22,24,26-28,30,32,34-35,37-43,48H2,1-2H3,(H,52,53)/b13-11-,18-17-,25-23+,31-29+,36-33+/t44?,45-/m1/s1. The van der Waals surface area contributed by atoms with Crippen LogP contribution in [0.25, 0.3) is 0 Å². The van der Waals surface area contributed by atoms with Crippen LogP contribution in [-0.4, -0.2) is 60.5 Å². The Balaban J connectivity index is 4.30. The van der Waals surface area contributed by atoms with Crippen molar-refractivity contribution in [3.05, 3.63) is 60.8 Å². The van der Waals surface area contributed by atoms with E-state index in [2.05, 4.69) is 50.3 Å². The maximum absolute atomic E-state index is 12.6. The summed E-state index contributed by atoms with van der Waals surface area (Å²) in [5.41, 5.74) is 5.34. The number of allylic oxidation sites excluding steroid dienone is 9. The summed E-state index contributed by atoms with van der Waals surface area (Å²) in [4.78, 5) is 34.9. The number of carbonyl (C=O) groups excluding carboxylic acids is 2. The van der Waals surface area contributed by atoms with Crippen molar-refractivity contribution in [3.8, 4) is 0 Å². The fourth-order valence-electron chi connectivity index (χ4n) is 6.03. The SMILES string of the molecule is CCCCC/C=C\C/C=C\CCCCCCCCCCCC(=O)OC[C@H](COP(=O)(O)OCCN)OC(=O)CCCC(O)/C=C/C=C/C/C=C/CCCCCCCC. The van der Waals surface area contributed by atoms with E-state index in [0.29, 0.717) is 19.3 Å². The van der Waals surface area contributed by atoms with Gasteiger partial charge in [-0.15, -0.1) is 0 Å². The number of carbonyl (C=O) groups is 2. The van der Waals surface area contributed by atoms with Gasteiger partial charge in [-0.2, -0.15) is 0 Å². The van der Waals surface area contributed by atoms with Gasteiger partial charge in [-0.1, -0.05) is 164 Å². The van der Waals surface area contributed by atoms with E-state index in [0.717, 1.165) is 44.9 Å². The average Bonchev–Trinajstić information content (AvgIpc) is 3.20. The Hall–Kier alpha value is -2.33. The lowest BCUT2D eigenvalue weighted by molar-refractivity contribution is -0.161. The maximum Gasteiger partial charge on any atom is 0.472 e. The number of rotatable bonds is 42. The van der Waals surface area contributed by atoms with Crippen LogP contribution < -0.4 is 5.73 Å². The molecule has 0 aliphatic heterocycles. The predicted molar refractivity (Wildman–Crippen MR) is 239 cm³/mol. The van der Waals surface area contributed by atoms with Crippen molar-refractivity contribution in [3.63, 3.8) is 0 Å². The van der Waals surface area contributed by atoms with E-state index in [9.17, 15) is 24.2 Å². The molecule has 0 aliphatic carbocycles. The molecule has 0 amide bonds. The van der Waals surface area contributed by atoms with Crippen molar-refractivity contribution in [2.75, 3.05) is 26.4 Å². The molecule has 2 unspecified atom stereocenters. The third-order valence-corrected chi connectivity index (χ3v) is 10.5. The number of unbranched alkanes of at least 4 members (excludes halogenated alkanes) is 18. The summed E-state index contributed by atoms with van der Waals surface area (Å²) < 4.78 is 32.7. The van der Waals surface area contributed by atoms with Crippen LogP contribution in [0.4, 0.5) is 0 Å². The predicted octanol–water partition coefficient (Wildman–Crippen LogP) is 12.2. The van der Waals surface area contributed by atoms with Gasteiger partial charge in [-0.25, -0.2) is 4.57 Å². The van der Waals surface area contributed by atoms with Crippen molar-refractivity contribution >= 4 is 19.8 Å². The highest BCUT2D eigenvalue weighted by atomic mass is 31.2. The third-order valence-electron chi connectivity index (χ3n) is 9.48. The Labute approximate surface area is 353 Å². The molecule has 0 rings (SSSR count). The Bertz CT molecular complexity index is 1150. The first-order valence-corrected chi connectivity index (χ1v) is 24.4. The van der Waals surface area contributed by atoms with E-state index >= 15 is 0 Å². The largest absolute Gasteiger partial charge is 0.472 e. The second kappa shape index (κ2) is 42.8. The maximum atomic E-state index is 12.6. The number of esters is 2. The molecule has 0 heterocycles. The van der Waals surface area contributed by atoms with Crippen molar-refractivity contribution in [1.82, 2.24) is 0 Å². The zero-order chi connectivity index (χ0) is 42.6. The minimum absolute atomic E-state index is 0.00372. The van der Waals surface area contributed by atoms with Crippen LogP contribution in [0.2, 0.25) is 0 Å². The van der Waals surface area contributed by atoms with Crippen molar-refractivity contribution in [1.29, 1.82) is 0 Å². The van der Waals surface area contributed by atoms with Crippen LogP contribution in [0.5, 0.6) is 0 Å². The number of phosphoric acid groups is 1. The van der Waals surface area contributed by atoms with Crippen LogP contribution in [0.3, 0.4) is 0 Å². The van der Waals surface area contributed by atoms with E-state index < -0.39 is 38.6 Å². The van der Waals surface area contributed by atoms with E-state index in [-0.39, 0.29) is 32.6 Å². The highest BCUT2D eigenvalue weighted by molar-refractivity contribution is 7.47. The number of hydrogen-bond acceptors (Lipinski definition) is 9. The lowest BCUT2D eigenvalue weighted by Crippen LogP contribution is -2.29. The molecule has 0 aromatic heterocycles. The summed E-state index contributed by atoms with van der Waals surface area (Å²) in [7, 11) is -4.43. The number of ether oxygens (including phenoxy) is 2. The van der Waals surface area contributed by atoms with E-state index in [1.165, 1.54) is 96.3 Å². The Morgan fingerprint density at radius 3 is 1.69 bits per heavy atom. The van der Waals surface area contributed by atoms with E-state index in [1.54, 1.807) is 12.2 Å². The molecular weight excluding hydrogens is 753 g/mol. The normalized spacial score (nSPS) is 14.4. The summed E-state index contributed by atoms with van der Waals surface area (Å²) in [5.74, 6) is -1.03. The molecule has 0 aromatic carbocycles. The quantitative estimate of drug-likeness (QED) is 0.0178. The Morgan fingerprint density at radius 1 is 0.603 bits per heavy atom. The number of aliphatic hydroxyl groups is 1. The van der Waals surface area contributed by atoms with Gasteiger partial charge < -0.3 is 25.2 Å². The highest BCUT2D eigenvalue weighted by Gasteiger charge is 2.26. The summed E-state index contributed by atoms with van der Waals surface area (Å²) in [5, 5.41) is 10.3. The molecule has 4 N–H and O–H groups in total. The van der Waals surface area contributed by atoms with Gasteiger partial charge in [-0.3, -0.25) is 18.6 Å². The molecule has 10 nitrogen and oxygen atoms in total. The zero-order valence-corrected chi connectivity index (χ0v) is 37.5. The molecular formula is C47H84NO9P. The molecule has 0 fully saturated rings. The van der Waals surface area contributed by atoms with Gasteiger partial charge in [0.2, 0.25) is 0 Å². The molecule has 0 aliphatic rings. The number of nitrogens with two attached hydrogens (primary N) is 1. The minimum atomic E-state index is -4.43. The van der Waals surface area contributed by atoms with Gasteiger partial charge in [-0.05, 0) is 70.6 Å². The van der Waals surface area contributed by atoms with Crippen LogP contribution in [0.15, 0.2) is 60.8 Å². The summed E-state index contributed by atoms with van der Waals surface area (Å²) in [6, 6.07) is 0. The van der Waals surface area contributed by atoms with Crippen LogP contribution in [0.1, 0.15) is 187 Å². The van der Waals surface area contributed by atoms with Crippen LogP contribution in [0, 0.1) is 0 Å². The van der Waals surface area contributed by atoms with Gasteiger partial charge in [0.05, 0.1) is 19.3 Å². The minimum Gasteiger partial charge on any atom is -0.462 e. The first-order chi connectivity index (χ1) is 28.2. The third kappa shape index (κ3) is 41.8. The molecule has 0 spiro atoms. The fraction of sp³-hybridized carbons (Fsp3) is 0.745. The fourth-order valence-corrected chi connectivity index (χ4v) is 6.79. The second-order valence-electron chi connectivity index (χ2n) is 15.1. The first-order valence-electron chi connectivity index (χ1n) is 22.9. The van der Waals surface area contributed by atoms with Gasteiger partial charge in [0.1, 0.15) is 6.61 Å². The summed E-state index contributed by atoms with van der Waals surface area (Å²) >= 11 is 0. The zero-order valence-electron chi connectivity index (χ0n) is 36.6. The Kier molecular flexibility index (Phi) is 41.1. The number of hydrogen-bond donors (Lipinski definition) is 3. The molecule has 11 heteroatoms.